The van der Waals surface area contributed by atoms with Crippen LogP contribution in [0.25, 0.3) is 21.5 Å². The van der Waals surface area contributed by atoms with Gasteiger partial charge in [-0.1, -0.05) is 48.5 Å². The van der Waals surface area contributed by atoms with E-state index < -0.39 is 11.4 Å². The van der Waals surface area contributed by atoms with Crippen LogP contribution >= 0.6 is 0 Å². The first-order chi connectivity index (χ1) is 9.25. The van der Waals surface area contributed by atoms with Crippen molar-refractivity contribution in [1.82, 2.24) is 0 Å². The quantitative estimate of drug-likeness (QED) is 0.585. The highest BCUT2D eigenvalue weighted by atomic mass is 32.2. The highest BCUT2D eigenvalue weighted by Crippen LogP contribution is 2.29. The maximum Gasteiger partial charge on any atom is 0.302 e. The monoisotopic (exact) mass is 272 g/mol. The Hall–Kier alpha value is -1.75. The third-order valence-electron chi connectivity index (χ3n) is 3.19. The molecule has 1 unspecified atom stereocenters. The lowest BCUT2D eigenvalue weighted by Crippen LogP contribution is -1.97. The summed E-state index contributed by atoms with van der Waals surface area (Å²) in [7, 11) is 0. The third kappa shape index (κ3) is 2.38. The van der Waals surface area contributed by atoms with Crippen LogP contribution in [0, 0.1) is 0 Å². The van der Waals surface area contributed by atoms with Crippen molar-refractivity contribution in [2.24, 2.45) is 0 Å². The summed E-state index contributed by atoms with van der Waals surface area (Å²) in [6.07, 6.45) is 0. The molecule has 96 valence electrons. The first-order valence-electron chi connectivity index (χ1n) is 5.89. The molecule has 0 aromatic heterocycles. The van der Waals surface area contributed by atoms with Crippen LogP contribution in [-0.4, -0.2) is 8.76 Å². The van der Waals surface area contributed by atoms with E-state index in [-0.39, 0.29) is 6.61 Å². The molecule has 0 aliphatic carbocycles. The van der Waals surface area contributed by atoms with Gasteiger partial charge in [-0.25, -0.2) is 0 Å². The lowest BCUT2D eigenvalue weighted by molar-refractivity contribution is 0.299. The van der Waals surface area contributed by atoms with Gasteiger partial charge in [-0.05, 0) is 33.2 Å². The zero-order valence-corrected chi connectivity index (χ0v) is 10.9. The van der Waals surface area contributed by atoms with Crippen molar-refractivity contribution in [1.29, 1.82) is 0 Å². The van der Waals surface area contributed by atoms with Crippen LogP contribution in [0.2, 0.25) is 0 Å². The Morgan fingerprint density at radius 1 is 0.947 bits per heavy atom. The lowest BCUT2D eigenvalue weighted by Gasteiger charge is -2.10. The van der Waals surface area contributed by atoms with Crippen molar-refractivity contribution in [3.63, 3.8) is 0 Å². The minimum atomic E-state index is -2.25. The molecule has 0 bridgehead atoms. The van der Waals surface area contributed by atoms with Crippen LogP contribution in [0.4, 0.5) is 0 Å². The smallest absolute Gasteiger partial charge is 0.284 e. The van der Waals surface area contributed by atoms with Crippen LogP contribution in [0.3, 0.4) is 0 Å². The van der Waals surface area contributed by atoms with E-state index in [1.54, 1.807) is 0 Å². The molecule has 0 saturated heterocycles. The predicted molar refractivity (Wildman–Crippen MR) is 77.0 cm³/mol. The Morgan fingerprint density at radius 2 is 1.47 bits per heavy atom. The Balaban J connectivity index is 2.29. The Bertz CT molecular complexity index is 714. The van der Waals surface area contributed by atoms with E-state index in [0.29, 0.717) is 0 Å². The van der Waals surface area contributed by atoms with Crippen molar-refractivity contribution in [3.05, 3.63) is 60.2 Å². The fraction of sp³-hybridized carbons (Fsp3) is 0.0667. The molecule has 0 amide bonds. The van der Waals surface area contributed by atoms with Crippen molar-refractivity contribution in [2.75, 3.05) is 0 Å². The van der Waals surface area contributed by atoms with Crippen LogP contribution < -0.4 is 0 Å². The van der Waals surface area contributed by atoms with E-state index >= 15 is 0 Å². The average molecular weight is 272 g/mol. The van der Waals surface area contributed by atoms with Gasteiger partial charge in [0.15, 0.2) is 0 Å². The van der Waals surface area contributed by atoms with E-state index in [2.05, 4.69) is 6.07 Å². The number of hydrogen-bond acceptors (Lipinski definition) is 2. The molecule has 0 radical (unpaired) electrons. The molecule has 1 atom stereocenters. The fourth-order valence-corrected chi connectivity index (χ4v) is 2.59. The molecule has 0 spiro atoms. The normalized spacial score (nSPS) is 12.9. The van der Waals surface area contributed by atoms with E-state index in [9.17, 15) is 4.21 Å². The SMILES string of the molecule is O=S(O)OCc1c2ccccc2cc2ccccc12. The molecular weight excluding hydrogens is 260 g/mol. The molecule has 3 aromatic rings. The lowest BCUT2D eigenvalue weighted by atomic mass is 9.97. The topological polar surface area (TPSA) is 46.5 Å². The molecule has 3 rings (SSSR count). The number of hydrogen-bond donors (Lipinski definition) is 1. The summed E-state index contributed by atoms with van der Waals surface area (Å²) >= 11 is -2.25. The molecule has 3 aromatic carbocycles. The summed E-state index contributed by atoms with van der Waals surface area (Å²) in [4.78, 5) is 0. The maximum atomic E-state index is 10.7. The van der Waals surface area contributed by atoms with Gasteiger partial charge in [-0.15, -0.1) is 0 Å². The van der Waals surface area contributed by atoms with Gasteiger partial charge in [0.1, 0.15) is 0 Å². The Morgan fingerprint density at radius 3 is 2.00 bits per heavy atom. The van der Waals surface area contributed by atoms with Gasteiger partial charge in [0.25, 0.3) is 0 Å². The molecule has 4 heteroatoms. The predicted octanol–water partition coefficient (Wildman–Crippen LogP) is 3.65. The molecule has 19 heavy (non-hydrogen) atoms. The van der Waals surface area contributed by atoms with Crippen LogP contribution in [0.1, 0.15) is 5.56 Å². The van der Waals surface area contributed by atoms with E-state index in [4.69, 9.17) is 8.74 Å². The van der Waals surface area contributed by atoms with Crippen molar-refractivity contribution in [2.45, 2.75) is 6.61 Å². The second kappa shape index (κ2) is 5.09. The summed E-state index contributed by atoms with van der Waals surface area (Å²) in [5, 5.41) is 4.30. The van der Waals surface area contributed by atoms with Gasteiger partial charge in [0.2, 0.25) is 0 Å². The summed E-state index contributed by atoms with van der Waals surface area (Å²) in [6.45, 7) is 0.116. The Kier molecular flexibility index (Phi) is 3.29. The summed E-state index contributed by atoms with van der Waals surface area (Å²) < 4.78 is 24.4. The Labute approximate surface area is 113 Å². The van der Waals surface area contributed by atoms with E-state index in [0.717, 1.165) is 27.1 Å². The largest absolute Gasteiger partial charge is 0.302 e. The summed E-state index contributed by atoms with van der Waals surface area (Å²) in [5.74, 6) is 0. The van der Waals surface area contributed by atoms with Crippen molar-refractivity contribution < 1.29 is 12.9 Å². The molecule has 0 aliphatic rings. The van der Waals surface area contributed by atoms with Crippen molar-refractivity contribution in [3.8, 4) is 0 Å². The van der Waals surface area contributed by atoms with Gasteiger partial charge >= 0.3 is 11.4 Å². The highest BCUT2D eigenvalue weighted by Gasteiger charge is 2.08. The second-order valence-corrected chi connectivity index (χ2v) is 4.95. The number of rotatable bonds is 3. The number of fused-ring (bicyclic) bond motifs is 2. The standard InChI is InChI=1S/C15H12O3S/c16-19(17)18-10-15-13-7-3-1-5-11(13)9-12-6-2-4-8-14(12)15/h1-9H,10H2,(H,16,17). The number of benzene rings is 3. The second-order valence-electron chi connectivity index (χ2n) is 4.28. The third-order valence-corrected chi connectivity index (χ3v) is 3.51. The van der Waals surface area contributed by atoms with Crippen LogP contribution in [0.15, 0.2) is 54.6 Å². The van der Waals surface area contributed by atoms with Crippen LogP contribution in [0.5, 0.6) is 0 Å². The van der Waals surface area contributed by atoms with Gasteiger partial charge < -0.3 is 0 Å². The minimum absolute atomic E-state index is 0.116. The van der Waals surface area contributed by atoms with Crippen molar-refractivity contribution >= 4 is 32.9 Å². The molecule has 3 nitrogen and oxygen atoms in total. The zero-order valence-electron chi connectivity index (χ0n) is 10.1. The maximum absolute atomic E-state index is 10.7. The van der Waals surface area contributed by atoms with E-state index in [1.165, 1.54) is 0 Å². The van der Waals surface area contributed by atoms with Crippen LogP contribution in [-0.2, 0) is 22.2 Å². The molecule has 0 fully saturated rings. The van der Waals surface area contributed by atoms with E-state index in [1.807, 2.05) is 48.5 Å². The molecule has 0 heterocycles. The minimum Gasteiger partial charge on any atom is -0.284 e. The average Bonchev–Trinajstić information content (AvgIpc) is 2.43. The van der Waals surface area contributed by atoms with Gasteiger partial charge in [0, 0.05) is 0 Å². The van der Waals surface area contributed by atoms with Gasteiger partial charge in [-0.3, -0.25) is 8.74 Å². The van der Waals surface area contributed by atoms with Gasteiger partial charge in [0.05, 0.1) is 6.61 Å². The molecule has 0 saturated carbocycles. The molecule has 1 N–H and O–H groups in total. The molecule has 0 aliphatic heterocycles. The summed E-state index contributed by atoms with van der Waals surface area (Å²) in [6, 6.07) is 18.0. The summed E-state index contributed by atoms with van der Waals surface area (Å²) in [5.41, 5.74) is 0.941. The highest BCUT2D eigenvalue weighted by molar-refractivity contribution is 7.74. The zero-order chi connectivity index (χ0) is 13.2. The first-order valence-corrected chi connectivity index (χ1v) is 6.92. The molecular formula is C15H12O3S. The van der Waals surface area contributed by atoms with Gasteiger partial charge in [-0.2, -0.15) is 4.21 Å². The fourth-order valence-electron chi connectivity index (χ4n) is 2.37. The first kappa shape index (κ1) is 12.3.